The molecule has 2 aliphatic heterocycles. The van der Waals surface area contributed by atoms with E-state index >= 15 is 0 Å². The van der Waals surface area contributed by atoms with E-state index in [1.54, 1.807) is 6.21 Å². The summed E-state index contributed by atoms with van der Waals surface area (Å²) in [5, 5.41) is 3.96. The van der Waals surface area contributed by atoms with E-state index in [-0.39, 0.29) is 11.9 Å². The van der Waals surface area contributed by atoms with Crippen molar-refractivity contribution < 1.29 is 9.47 Å². The average molecular weight is 451 g/mol. The van der Waals surface area contributed by atoms with Crippen LogP contribution in [0.15, 0.2) is 52.7 Å². The van der Waals surface area contributed by atoms with Gasteiger partial charge in [-0.05, 0) is 50.6 Å². The number of anilines is 1. The van der Waals surface area contributed by atoms with Crippen LogP contribution in [0.2, 0.25) is 0 Å². The van der Waals surface area contributed by atoms with Crippen LogP contribution in [0, 0.1) is 6.92 Å². The van der Waals surface area contributed by atoms with Crippen molar-refractivity contribution in [3.8, 4) is 0 Å². The molecular formula is C25H34N6O2. The fraction of sp³-hybridized carbons (Fsp3) is 0.480. The Kier molecular flexibility index (Phi) is 7.37. The lowest BCUT2D eigenvalue weighted by molar-refractivity contribution is -0.0702. The largest absolute Gasteiger partial charge is 0.369 e. The third-order valence-electron chi connectivity index (χ3n) is 6.01. The van der Waals surface area contributed by atoms with Crippen LogP contribution in [0.5, 0.6) is 0 Å². The van der Waals surface area contributed by atoms with Crippen LogP contribution in [0.25, 0.3) is 0 Å². The van der Waals surface area contributed by atoms with Crippen molar-refractivity contribution >= 4 is 17.6 Å². The number of hydrazone groups is 1. The number of aromatic nitrogens is 1. The number of nitrogens with zero attached hydrogens (tertiary/aromatic N) is 5. The number of piperazine rings is 1. The minimum Gasteiger partial charge on any atom is -0.369 e. The molecular weight excluding hydrogens is 416 g/mol. The Morgan fingerprint density at radius 1 is 1.21 bits per heavy atom. The number of rotatable bonds is 7. The molecule has 1 unspecified atom stereocenters. The van der Waals surface area contributed by atoms with Crippen LogP contribution >= 0.6 is 0 Å². The van der Waals surface area contributed by atoms with Crippen LogP contribution in [0.3, 0.4) is 0 Å². The highest BCUT2D eigenvalue weighted by Crippen LogP contribution is 2.23. The van der Waals surface area contributed by atoms with E-state index in [1.807, 2.05) is 32.2 Å². The first-order chi connectivity index (χ1) is 15.9. The van der Waals surface area contributed by atoms with E-state index in [2.05, 4.69) is 56.1 Å². The predicted molar refractivity (Wildman–Crippen MR) is 132 cm³/mol. The number of ether oxygens (including phenoxy) is 2. The van der Waals surface area contributed by atoms with E-state index in [9.17, 15) is 0 Å². The van der Waals surface area contributed by atoms with E-state index < -0.39 is 0 Å². The summed E-state index contributed by atoms with van der Waals surface area (Å²) >= 11 is 0. The van der Waals surface area contributed by atoms with Crippen molar-refractivity contribution in [1.82, 2.24) is 9.88 Å². The maximum atomic E-state index is 5.80. The number of benzene rings is 1. The highest BCUT2D eigenvalue weighted by Gasteiger charge is 2.32. The molecule has 2 fully saturated rings. The lowest BCUT2D eigenvalue weighted by Crippen LogP contribution is -2.46. The first kappa shape index (κ1) is 23.4. The summed E-state index contributed by atoms with van der Waals surface area (Å²) in [5.74, 6) is 5.68. The summed E-state index contributed by atoms with van der Waals surface area (Å²) in [6.45, 7) is 12.0. The van der Waals surface area contributed by atoms with Crippen LogP contribution in [0.4, 0.5) is 5.69 Å². The van der Waals surface area contributed by atoms with Crippen LogP contribution in [-0.2, 0) is 16.0 Å². The van der Waals surface area contributed by atoms with E-state index in [0.717, 1.165) is 49.5 Å². The Bertz CT molecular complexity index is 984. The van der Waals surface area contributed by atoms with Gasteiger partial charge in [0.15, 0.2) is 6.29 Å². The SMILES string of the molecule is Cc1cc(N2CCN(Cc3ccccn3)CC2)ccc1/C(C=NCC1OCC(C)(C)O1)=N/N. The standard InChI is InChI=1S/C25H34N6O2/c1-19-14-21(31-12-10-30(11-13-31)17-20-6-4-5-9-28-20)7-8-22(19)23(29-26)15-27-16-24-32-18-25(2,3)33-24/h4-9,14-15,24H,10-13,16-18,26H2,1-3H3/b27-15?,29-23+. The molecule has 4 rings (SSSR count). The molecule has 0 bridgehead atoms. The molecule has 1 aromatic heterocycles. The molecule has 8 heteroatoms. The lowest BCUT2D eigenvalue weighted by Gasteiger charge is -2.36. The first-order valence-electron chi connectivity index (χ1n) is 11.5. The van der Waals surface area contributed by atoms with Crippen molar-refractivity contribution in [1.29, 1.82) is 0 Å². The second-order valence-corrected chi connectivity index (χ2v) is 9.21. The molecule has 0 amide bonds. The van der Waals surface area contributed by atoms with Gasteiger partial charge in [0.25, 0.3) is 0 Å². The number of hydrogen-bond acceptors (Lipinski definition) is 8. The number of hydrogen-bond donors (Lipinski definition) is 1. The summed E-state index contributed by atoms with van der Waals surface area (Å²) in [6, 6.07) is 12.5. The fourth-order valence-corrected chi connectivity index (χ4v) is 4.22. The minimum atomic E-state index is -0.324. The Balaban J connectivity index is 1.33. The summed E-state index contributed by atoms with van der Waals surface area (Å²) in [4.78, 5) is 13.8. The Hall–Kier alpha value is -2.81. The number of pyridine rings is 1. The van der Waals surface area contributed by atoms with E-state index in [4.69, 9.17) is 15.3 Å². The third-order valence-corrected chi connectivity index (χ3v) is 6.01. The molecule has 2 aromatic rings. The van der Waals surface area contributed by atoms with Crippen molar-refractivity contribution in [2.24, 2.45) is 15.9 Å². The molecule has 0 radical (unpaired) electrons. The van der Waals surface area contributed by atoms with Gasteiger partial charge in [0.05, 0.1) is 24.4 Å². The maximum Gasteiger partial charge on any atom is 0.177 e. The smallest absolute Gasteiger partial charge is 0.177 e. The van der Waals surface area contributed by atoms with Crippen molar-refractivity contribution in [2.75, 3.05) is 44.2 Å². The molecule has 3 heterocycles. The molecule has 2 N–H and O–H groups in total. The Morgan fingerprint density at radius 3 is 2.67 bits per heavy atom. The lowest BCUT2D eigenvalue weighted by atomic mass is 10.0. The molecule has 2 aliphatic rings. The second kappa shape index (κ2) is 10.4. The van der Waals surface area contributed by atoms with Gasteiger partial charge in [-0.1, -0.05) is 12.1 Å². The molecule has 8 nitrogen and oxygen atoms in total. The summed E-state index contributed by atoms with van der Waals surface area (Å²) in [6.07, 6.45) is 3.24. The second-order valence-electron chi connectivity index (χ2n) is 9.21. The zero-order valence-corrected chi connectivity index (χ0v) is 19.8. The molecule has 0 saturated carbocycles. The molecule has 33 heavy (non-hydrogen) atoms. The maximum absolute atomic E-state index is 5.80. The molecule has 0 spiro atoms. The van der Waals surface area contributed by atoms with Crippen LogP contribution in [0.1, 0.15) is 30.7 Å². The number of aryl methyl sites for hydroxylation is 1. The molecule has 0 aliphatic carbocycles. The van der Waals surface area contributed by atoms with Gasteiger partial charge in [0, 0.05) is 56.4 Å². The summed E-state index contributed by atoms with van der Waals surface area (Å²) in [5.41, 5.74) is 4.83. The monoisotopic (exact) mass is 450 g/mol. The first-order valence-corrected chi connectivity index (χ1v) is 11.5. The highest BCUT2D eigenvalue weighted by molar-refractivity contribution is 6.38. The van der Waals surface area contributed by atoms with Gasteiger partial charge in [-0.15, -0.1) is 0 Å². The number of aliphatic imine (C=N–C) groups is 1. The van der Waals surface area contributed by atoms with Gasteiger partial charge in [-0.3, -0.25) is 14.9 Å². The van der Waals surface area contributed by atoms with Gasteiger partial charge in [-0.2, -0.15) is 5.10 Å². The highest BCUT2D eigenvalue weighted by atomic mass is 16.7. The van der Waals surface area contributed by atoms with Gasteiger partial charge >= 0.3 is 0 Å². The third kappa shape index (κ3) is 6.16. The van der Waals surface area contributed by atoms with E-state index in [0.29, 0.717) is 18.9 Å². The molecule has 1 atom stereocenters. The number of nitrogens with two attached hydrogens (primary N) is 1. The predicted octanol–water partition coefficient (Wildman–Crippen LogP) is 2.60. The quantitative estimate of drug-likeness (QED) is 0.396. The Morgan fingerprint density at radius 2 is 2.03 bits per heavy atom. The topological polar surface area (TPSA) is 88.6 Å². The average Bonchev–Trinajstić information content (AvgIpc) is 3.17. The Labute approximate surface area is 196 Å². The fourth-order valence-electron chi connectivity index (χ4n) is 4.22. The summed E-state index contributed by atoms with van der Waals surface area (Å²) in [7, 11) is 0. The van der Waals surface area contributed by atoms with E-state index in [1.165, 1.54) is 5.69 Å². The zero-order valence-electron chi connectivity index (χ0n) is 19.8. The molecule has 176 valence electrons. The zero-order chi connectivity index (χ0) is 23.3. The minimum absolute atomic E-state index is 0.263. The van der Waals surface area contributed by atoms with Crippen LogP contribution in [-0.4, -0.2) is 73.0 Å². The van der Waals surface area contributed by atoms with Crippen molar-refractivity contribution in [2.45, 2.75) is 39.2 Å². The van der Waals surface area contributed by atoms with Gasteiger partial charge < -0.3 is 20.2 Å². The van der Waals surface area contributed by atoms with Gasteiger partial charge in [-0.25, -0.2) is 0 Å². The normalized spacial score (nSPS) is 21.7. The molecule has 2 saturated heterocycles. The van der Waals surface area contributed by atoms with Gasteiger partial charge in [0.2, 0.25) is 0 Å². The van der Waals surface area contributed by atoms with Crippen molar-refractivity contribution in [3.05, 3.63) is 59.4 Å². The summed E-state index contributed by atoms with van der Waals surface area (Å²) < 4.78 is 11.4. The molecule has 1 aromatic carbocycles. The van der Waals surface area contributed by atoms with Crippen LogP contribution < -0.4 is 10.7 Å². The van der Waals surface area contributed by atoms with Gasteiger partial charge in [0.1, 0.15) is 5.71 Å². The van der Waals surface area contributed by atoms with Crippen molar-refractivity contribution in [3.63, 3.8) is 0 Å².